The number of aryl methyl sites for hydroxylation is 1. The monoisotopic (exact) mass is 468 g/mol. The van der Waals surface area contributed by atoms with Gasteiger partial charge < -0.3 is 14.8 Å². The lowest BCUT2D eigenvalue weighted by atomic mass is 9.89. The Morgan fingerprint density at radius 3 is 2.84 bits per heavy atom. The summed E-state index contributed by atoms with van der Waals surface area (Å²) < 4.78 is 7.09. The summed E-state index contributed by atoms with van der Waals surface area (Å²) in [6.07, 6.45) is 2.69. The maximum Gasteiger partial charge on any atom is 0.346 e. The highest BCUT2D eigenvalue weighted by Crippen LogP contribution is 2.35. The summed E-state index contributed by atoms with van der Waals surface area (Å²) in [6, 6.07) is 12.9. The number of aromatic amines is 1. The van der Waals surface area contributed by atoms with E-state index in [1.165, 1.54) is 17.0 Å². The van der Waals surface area contributed by atoms with Gasteiger partial charge in [-0.25, -0.2) is 14.2 Å². The van der Waals surface area contributed by atoms with Crippen molar-refractivity contribution in [2.45, 2.75) is 25.4 Å². The molecular weight excluding hydrogens is 452 g/mol. The van der Waals surface area contributed by atoms with Crippen molar-refractivity contribution in [3.63, 3.8) is 0 Å². The standard InChI is InChI=1S/C23H17ClN2O5S/c24-15-9-8-13(31-18-7-3-5-12-4-1-2-6-14(12)18)10-17(15)26-21(27)19-16(25-23(26)30)11-32-20(19)22(28)29/h1-2,4,6,8-11,18H,3,5,7H2,(H,25,30)(H,28,29). The van der Waals surface area contributed by atoms with Crippen LogP contribution in [0, 0.1) is 0 Å². The molecule has 1 atom stereocenters. The normalized spacial score (nSPS) is 15.5. The fourth-order valence-corrected chi connectivity index (χ4v) is 5.18. The molecule has 0 saturated heterocycles. The van der Waals surface area contributed by atoms with Crippen LogP contribution in [0.3, 0.4) is 0 Å². The van der Waals surface area contributed by atoms with Gasteiger partial charge in [-0.3, -0.25) is 4.79 Å². The summed E-state index contributed by atoms with van der Waals surface area (Å²) in [4.78, 5) is 39.8. The van der Waals surface area contributed by atoms with Gasteiger partial charge >= 0.3 is 11.7 Å². The largest absolute Gasteiger partial charge is 0.486 e. The van der Waals surface area contributed by atoms with Gasteiger partial charge in [0.1, 0.15) is 16.7 Å². The number of carboxylic acids is 1. The Kier molecular flexibility index (Phi) is 5.11. The number of aromatic nitrogens is 2. The number of carboxylic acid groups (broad SMARTS) is 1. The second-order valence-corrected chi connectivity index (χ2v) is 8.83. The maximum absolute atomic E-state index is 13.1. The Morgan fingerprint density at radius 1 is 1.22 bits per heavy atom. The van der Waals surface area contributed by atoms with Gasteiger partial charge in [0.25, 0.3) is 5.56 Å². The van der Waals surface area contributed by atoms with Crippen molar-refractivity contribution in [3.05, 3.63) is 89.7 Å². The number of thiophene rings is 1. The molecule has 9 heteroatoms. The van der Waals surface area contributed by atoms with Crippen molar-refractivity contribution in [2.75, 3.05) is 0 Å². The second kappa shape index (κ2) is 7.96. The van der Waals surface area contributed by atoms with Crippen LogP contribution in [-0.2, 0) is 6.42 Å². The molecule has 1 aliphatic rings. The molecule has 0 spiro atoms. The highest BCUT2D eigenvalue weighted by Gasteiger charge is 2.23. The van der Waals surface area contributed by atoms with Crippen molar-refractivity contribution in [1.82, 2.24) is 9.55 Å². The summed E-state index contributed by atoms with van der Waals surface area (Å²) in [5, 5.41) is 11.0. The highest BCUT2D eigenvalue weighted by molar-refractivity contribution is 7.13. The van der Waals surface area contributed by atoms with E-state index in [9.17, 15) is 19.5 Å². The van der Waals surface area contributed by atoms with E-state index in [0.717, 1.165) is 40.7 Å². The predicted molar refractivity (Wildman–Crippen MR) is 123 cm³/mol. The van der Waals surface area contributed by atoms with E-state index in [4.69, 9.17) is 16.3 Å². The number of ether oxygens (including phenoxy) is 1. The minimum Gasteiger partial charge on any atom is -0.486 e. The van der Waals surface area contributed by atoms with E-state index in [2.05, 4.69) is 11.1 Å². The van der Waals surface area contributed by atoms with Crippen LogP contribution in [0.15, 0.2) is 57.4 Å². The number of halogens is 1. The zero-order valence-corrected chi connectivity index (χ0v) is 18.2. The van der Waals surface area contributed by atoms with E-state index in [0.29, 0.717) is 5.75 Å². The van der Waals surface area contributed by atoms with Crippen LogP contribution < -0.4 is 16.0 Å². The number of hydrogen-bond donors (Lipinski definition) is 2. The predicted octanol–water partition coefficient (Wildman–Crippen LogP) is 4.55. The maximum atomic E-state index is 13.1. The number of fused-ring (bicyclic) bond motifs is 2. The lowest BCUT2D eigenvalue weighted by Crippen LogP contribution is -2.34. The number of rotatable bonds is 4. The van der Waals surface area contributed by atoms with Crippen molar-refractivity contribution >= 4 is 39.8 Å². The second-order valence-electron chi connectivity index (χ2n) is 7.54. The van der Waals surface area contributed by atoms with E-state index >= 15 is 0 Å². The van der Waals surface area contributed by atoms with Gasteiger partial charge in [-0.1, -0.05) is 35.9 Å². The summed E-state index contributed by atoms with van der Waals surface area (Å²) in [7, 11) is 0. The summed E-state index contributed by atoms with van der Waals surface area (Å²) in [5.41, 5.74) is 1.22. The minimum atomic E-state index is -1.24. The van der Waals surface area contributed by atoms with Crippen molar-refractivity contribution in [3.8, 4) is 11.4 Å². The number of hydrogen-bond acceptors (Lipinski definition) is 5. The first-order valence-electron chi connectivity index (χ1n) is 9.98. The molecule has 2 heterocycles. The molecule has 0 amide bonds. The molecule has 162 valence electrons. The van der Waals surface area contributed by atoms with Crippen LogP contribution in [0.5, 0.6) is 5.75 Å². The molecule has 0 bridgehead atoms. The first-order chi connectivity index (χ1) is 15.4. The van der Waals surface area contributed by atoms with Crippen LogP contribution in [0.25, 0.3) is 16.6 Å². The molecule has 2 N–H and O–H groups in total. The fourth-order valence-electron chi connectivity index (χ4n) is 4.15. The van der Waals surface area contributed by atoms with Gasteiger partial charge in [-0.05, 0) is 42.5 Å². The van der Waals surface area contributed by atoms with E-state index in [-0.39, 0.29) is 32.6 Å². The molecule has 2 aromatic carbocycles. The third kappa shape index (κ3) is 3.41. The number of aromatic carboxylic acids is 1. The third-order valence-electron chi connectivity index (χ3n) is 5.60. The molecule has 0 fully saturated rings. The summed E-state index contributed by atoms with van der Waals surface area (Å²) >= 11 is 7.23. The Morgan fingerprint density at radius 2 is 2.03 bits per heavy atom. The molecule has 0 aliphatic heterocycles. The summed E-state index contributed by atoms with van der Waals surface area (Å²) in [5.74, 6) is -0.777. The Bertz CT molecular complexity index is 1490. The fraction of sp³-hybridized carbons (Fsp3) is 0.174. The first kappa shape index (κ1) is 20.5. The van der Waals surface area contributed by atoms with Crippen LogP contribution in [0.1, 0.15) is 39.7 Å². The molecule has 5 rings (SSSR count). The van der Waals surface area contributed by atoms with Crippen molar-refractivity contribution in [2.24, 2.45) is 0 Å². The number of nitrogens with zero attached hydrogens (tertiary/aromatic N) is 1. The zero-order chi connectivity index (χ0) is 22.4. The Hall–Kier alpha value is -3.36. The molecular formula is C23H17ClN2O5S. The number of carbonyl (C=O) groups is 1. The molecule has 0 saturated carbocycles. The Balaban J connectivity index is 1.61. The van der Waals surface area contributed by atoms with E-state index in [1.54, 1.807) is 12.1 Å². The average molecular weight is 469 g/mol. The Labute approximate surface area is 190 Å². The van der Waals surface area contributed by atoms with Crippen molar-refractivity contribution < 1.29 is 14.6 Å². The average Bonchev–Trinajstić information content (AvgIpc) is 3.20. The van der Waals surface area contributed by atoms with Gasteiger partial charge in [0.05, 0.1) is 21.6 Å². The molecule has 1 aliphatic carbocycles. The van der Waals surface area contributed by atoms with Gasteiger partial charge in [0.2, 0.25) is 0 Å². The highest BCUT2D eigenvalue weighted by atomic mass is 35.5. The minimum absolute atomic E-state index is 0.0642. The molecule has 2 aromatic heterocycles. The van der Waals surface area contributed by atoms with Crippen molar-refractivity contribution in [1.29, 1.82) is 0 Å². The summed E-state index contributed by atoms with van der Waals surface area (Å²) in [6.45, 7) is 0. The van der Waals surface area contributed by atoms with Gasteiger partial charge in [-0.15, -0.1) is 11.3 Å². The van der Waals surface area contributed by atoms with Gasteiger partial charge in [-0.2, -0.15) is 0 Å². The smallest absolute Gasteiger partial charge is 0.346 e. The first-order valence-corrected chi connectivity index (χ1v) is 11.2. The number of H-pyrrole nitrogens is 1. The molecule has 32 heavy (non-hydrogen) atoms. The quantitative estimate of drug-likeness (QED) is 0.457. The van der Waals surface area contributed by atoms with E-state index < -0.39 is 17.2 Å². The lowest BCUT2D eigenvalue weighted by molar-refractivity contribution is 0.0704. The van der Waals surface area contributed by atoms with Crippen LogP contribution in [-0.4, -0.2) is 20.6 Å². The van der Waals surface area contributed by atoms with Crippen LogP contribution in [0.4, 0.5) is 0 Å². The third-order valence-corrected chi connectivity index (χ3v) is 6.89. The molecule has 7 nitrogen and oxygen atoms in total. The molecule has 4 aromatic rings. The van der Waals surface area contributed by atoms with E-state index in [1.807, 2.05) is 18.2 Å². The number of nitrogens with one attached hydrogen (secondary N) is 1. The lowest BCUT2D eigenvalue weighted by Gasteiger charge is -2.26. The van der Waals surface area contributed by atoms with Gasteiger partial charge in [0, 0.05) is 11.4 Å². The van der Waals surface area contributed by atoms with Crippen LogP contribution >= 0.6 is 22.9 Å². The topological polar surface area (TPSA) is 101 Å². The van der Waals surface area contributed by atoms with Crippen LogP contribution in [0.2, 0.25) is 5.02 Å². The SMILES string of the molecule is O=C(O)c1scc2[nH]c(=O)n(-c3cc(OC4CCCc5ccccc54)ccc3Cl)c(=O)c12. The molecule has 0 radical (unpaired) electrons. The number of benzene rings is 2. The van der Waals surface area contributed by atoms with Gasteiger partial charge in [0.15, 0.2) is 0 Å². The zero-order valence-electron chi connectivity index (χ0n) is 16.6. The molecule has 1 unspecified atom stereocenters.